The first-order valence-electron chi connectivity index (χ1n) is 6.58. The van der Waals surface area contributed by atoms with E-state index in [4.69, 9.17) is 5.73 Å². The lowest BCUT2D eigenvalue weighted by atomic mass is 10.2. The van der Waals surface area contributed by atoms with Crippen LogP contribution < -0.4 is 11.1 Å². The van der Waals surface area contributed by atoms with Crippen LogP contribution in [-0.2, 0) is 6.18 Å². The van der Waals surface area contributed by atoms with Gasteiger partial charge < -0.3 is 11.1 Å². The number of carbonyl (C=O) groups excluding carboxylic acids is 1. The third-order valence-corrected chi connectivity index (χ3v) is 2.97. The second-order valence-electron chi connectivity index (χ2n) is 4.84. The molecule has 0 saturated carbocycles. The van der Waals surface area contributed by atoms with Crippen molar-refractivity contribution >= 4 is 5.91 Å². The Morgan fingerprint density at radius 1 is 1.25 bits per heavy atom. The number of rotatable bonds is 5. The molecule has 0 radical (unpaired) electrons. The molecule has 0 fully saturated rings. The fraction of sp³-hybridized carbons (Fsp3) is 0.308. The number of aromatic nitrogens is 3. The van der Waals surface area contributed by atoms with Crippen molar-refractivity contribution in [2.45, 2.75) is 12.1 Å². The molecule has 1 aromatic carbocycles. The fourth-order valence-corrected chi connectivity index (χ4v) is 1.69. The van der Waals surface area contributed by atoms with Gasteiger partial charge in [-0.1, -0.05) is 11.3 Å². The molecule has 1 heterocycles. The molecule has 2 rings (SSSR count). The van der Waals surface area contributed by atoms with E-state index in [9.17, 15) is 26.7 Å². The number of carbonyl (C=O) groups is 1. The van der Waals surface area contributed by atoms with Gasteiger partial charge in [0, 0.05) is 0 Å². The van der Waals surface area contributed by atoms with Gasteiger partial charge in [0.05, 0.1) is 30.5 Å². The smallest absolute Gasteiger partial charge is 0.344 e. The molecule has 0 aliphatic carbocycles. The lowest BCUT2D eigenvalue weighted by Crippen LogP contribution is -2.41. The highest BCUT2D eigenvalue weighted by atomic mass is 19.4. The molecule has 1 aromatic heterocycles. The Labute approximate surface area is 132 Å². The summed E-state index contributed by atoms with van der Waals surface area (Å²) in [5.74, 6) is -4.21. The topological polar surface area (TPSA) is 85.8 Å². The quantitative estimate of drug-likeness (QED) is 0.803. The van der Waals surface area contributed by atoms with E-state index in [1.54, 1.807) is 0 Å². The molecular formula is C13H12F5N5O. The minimum atomic E-state index is -4.54. The molecule has 0 saturated heterocycles. The van der Waals surface area contributed by atoms with Crippen molar-refractivity contribution in [1.29, 1.82) is 0 Å². The third-order valence-electron chi connectivity index (χ3n) is 2.97. The van der Waals surface area contributed by atoms with Gasteiger partial charge >= 0.3 is 6.18 Å². The number of nitrogens with one attached hydrogen (secondary N) is 1. The van der Waals surface area contributed by atoms with E-state index in [1.807, 2.05) is 5.32 Å². The van der Waals surface area contributed by atoms with Crippen LogP contribution in [0.2, 0.25) is 0 Å². The number of alkyl halides is 5. The largest absolute Gasteiger partial charge is 0.416 e. The molecule has 1 amide bonds. The third kappa shape index (κ3) is 4.25. The second kappa shape index (κ2) is 6.51. The first kappa shape index (κ1) is 17.8. The van der Waals surface area contributed by atoms with E-state index in [0.717, 1.165) is 23.0 Å². The van der Waals surface area contributed by atoms with E-state index in [2.05, 4.69) is 10.3 Å². The van der Waals surface area contributed by atoms with Crippen molar-refractivity contribution in [3.63, 3.8) is 0 Å². The van der Waals surface area contributed by atoms with Crippen LogP contribution in [0.5, 0.6) is 0 Å². The molecule has 0 bridgehead atoms. The molecule has 11 heteroatoms. The highest BCUT2D eigenvalue weighted by Crippen LogP contribution is 2.30. The zero-order chi connectivity index (χ0) is 18.0. The summed E-state index contributed by atoms with van der Waals surface area (Å²) < 4.78 is 64.9. The number of benzene rings is 1. The maximum Gasteiger partial charge on any atom is 0.416 e. The number of hydrogen-bond acceptors (Lipinski definition) is 4. The van der Waals surface area contributed by atoms with E-state index in [-0.39, 0.29) is 11.4 Å². The maximum absolute atomic E-state index is 13.0. The van der Waals surface area contributed by atoms with Crippen molar-refractivity contribution < 1.29 is 26.7 Å². The summed E-state index contributed by atoms with van der Waals surface area (Å²) in [7, 11) is 0. The van der Waals surface area contributed by atoms with Crippen molar-refractivity contribution in [2.75, 3.05) is 13.1 Å². The summed E-state index contributed by atoms with van der Waals surface area (Å²) in [4.78, 5) is 11.7. The van der Waals surface area contributed by atoms with Crippen molar-refractivity contribution in [3.05, 3.63) is 41.7 Å². The van der Waals surface area contributed by atoms with Gasteiger partial charge in [0.15, 0.2) is 5.69 Å². The molecule has 24 heavy (non-hydrogen) atoms. The van der Waals surface area contributed by atoms with Crippen LogP contribution in [0, 0.1) is 0 Å². The minimum Gasteiger partial charge on any atom is -0.344 e. The summed E-state index contributed by atoms with van der Waals surface area (Å²) in [6.07, 6.45) is -3.50. The Morgan fingerprint density at radius 2 is 1.96 bits per heavy atom. The molecule has 0 aliphatic heterocycles. The SMILES string of the molecule is NCC(F)(F)CNC(=O)c1cn(-c2cccc(C(F)(F)F)c2)nn1. The molecular weight excluding hydrogens is 337 g/mol. The van der Waals surface area contributed by atoms with E-state index in [0.29, 0.717) is 0 Å². The Balaban J connectivity index is 2.15. The predicted octanol–water partition coefficient (Wildman–Crippen LogP) is 1.61. The number of halogens is 5. The van der Waals surface area contributed by atoms with E-state index in [1.165, 1.54) is 12.1 Å². The molecule has 0 spiro atoms. The first-order valence-corrected chi connectivity index (χ1v) is 6.58. The van der Waals surface area contributed by atoms with Crippen molar-refractivity contribution in [2.24, 2.45) is 5.73 Å². The van der Waals surface area contributed by atoms with Gasteiger partial charge in [-0.2, -0.15) is 13.2 Å². The van der Waals surface area contributed by atoms with Crippen LogP contribution in [0.3, 0.4) is 0 Å². The maximum atomic E-state index is 13.0. The normalized spacial score (nSPS) is 12.2. The van der Waals surface area contributed by atoms with E-state index >= 15 is 0 Å². The van der Waals surface area contributed by atoms with Gasteiger partial charge in [0.25, 0.3) is 11.8 Å². The average molecular weight is 349 g/mol. The highest BCUT2D eigenvalue weighted by Gasteiger charge is 2.31. The van der Waals surface area contributed by atoms with Gasteiger partial charge in [-0.15, -0.1) is 5.10 Å². The van der Waals surface area contributed by atoms with Gasteiger partial charge in [0.1, 0.15) is 0 Å². The van der Waals surface area contributed by atoms with Gasteiger partial charge in [-0.3, -0.25) is 4.79 Å². The Morgan fingerprint density at radius 3 is 2.58 bits per heavy atom. The Hall–Kier alpha value is -2.56. The number of hydrogen-bond donors (Lipinski definition) is 2. The second-order valence-corrected chi connectivity index (χ2v) is 4.84. The molecule has 6 nitrogen and oxygen atoms in total. The van der Waals surface area contributed by atoms with Crippen LogP contribution >= 0.6 is 0 Å². The van der Waals surface area contributed by atoms with Gasteiger partial charge in [-0.25, -0.2) is 13.5 Å². The zero-order valence-electron chi connectivity index (χ0n) is 12.0. The molecule has 0 unspecified atom stereocenters. The zero-order valence-corrected chi connectivity index (χ0v) is 12.0. The van der Waals surface area contributed by atoms with Crippen LogP contribution in [0.4, 0.5) is 22.0 Å². The molecule has 3 N–H and O–H groups in total. The van der Waals surface area contributed by atoms with Crippen LogP contribution in [0.25, 0.3) is 5.69 Å². The lowest BCUT2D eigenvalue weighted by molar-refractivity contribution is -0.137. The monoisotopic (exact) mass is 349 g/mol. The standard InChI is InChI=1S/C13H12F5N5O/c14-12(15,6-19)7-20-11(24)10-5-23(22-21-10)9-3-1-2-8(4-9)13(16,17)18/h1-5H,6-7,19H2,(H,20,24). The lowest BCUT2D eigenvalue weighted by Gasteiger charge is -2.13. The summed E-state index contributed by atoms with van der Waals surface area (Å²) in [5, 5.41) is 8.90. The average Bonchev–Trinajstić information content (AvgIpc) is 3.02. The molecule has 130 valence electrons. The minimum absolute atomic E-state index is 0.0173. The van der Waals surface area contributed by atoms with E-state index < -0.39 is 36.7 Å². The summed E-state index contributed by atoms with van der Waals surface area (Å²) in [5.41, 5.74) is 3.63. The van der Waals surface area contributed by atoms with Gasteiger partial charge in [0.2, 0.25) is 0 Å². The Bertz CT molecular complexity index is 728. The predicted molar refractivity (Wildman–Crippen MR) is 72.7 cm³/mol. The summed E-state index contributed by atoms with van der Waals surface area (Å²) in [6.45, 7) is -1.93. The summed E-state index contributed by atoms with van der Waals surface area (Å²) >= 11 is 0. The van der Waals surface area contributed by atoms with Crippen molar-refractivity contribution in [1.82, 2.24) is 20.3 Å². The summed E-state index contributed by atoms with van der Waals surface area (Å²) in [6, 6.07) is 4.19. The number of amides is 1. The molecule has 2 aromatic rings. The number of nitrogens with zero attached hydrogens (tertiary/aromatic N) is 3. The van der Waals surface area contributed by atoms with Crippen LogP contribution in [0.1, 0.15) is 16.1 Å². The van der Waals surface area contributed by atoms with Crippen molar-refractivity contribution in [3.8, 4) is 5.69 Å². The Kier molecular flexibility index (Phi) is 4.83. The van der Waals surface area contributed by atoms with Crippen LogP contribution in [0.15, 0.2) is 30.5 Å². The first-order chi connectivity index (χ1) is 11.1. The van der Waals surface area contributed by atoms with Crippen LogP contribution in [-0.4, -0.2) is 39.9 Å². The number of nitrogens with two attached hydrogens (primary N) is 1. The van der Waals surface area contributed by atoms with Gasteiger partial charge in [-0.05, 0) is 18.2 Å². The fourth-order valence-electron chi connectivity index (χ4n) is 1.69. The molecule has 0 aliphatic rings. The highest BCUT2D eigenvalue weighted by molar-refractivity contribution is 5.91. The molecule has 0 atom stereocenters.